The fourth-order valence-electron chi connectivity index (χ4n) is 2.20. The quantitative estimate of drug-likeness (QED) is 0.730. The fraction of sp³-hybridized carbons (Fsp3) is 0.176. The summed E-state index contributed by atoms with van der Waals surface area (Å²) in [5.74, 6) is 1.24. The van der Waals surface area contributed by atoms with Gasteiger partial charge in [-0.3, -0.25) is 4.79 Å². The largest absolute Gasteiger partial charge is 0.484 e. The third-order valence-electron chi connectivity index (χ3n) is 3.29. The van der Waals surface area contributed by atoms with Gasteiger partial charge in [0.15, 0.2) is 6.61 Å². The van der Waals surface area contributed by atoms with Crippen molar-refractivity contribution in [2.45, 2.75) is 6.42 Å². The highest BCUT2D eigenvalue weighted by molar-refractivity contribution is 6.30. The zero-order valence-corrected chi connectivity index (χ0v) is 13.1. The summed E-state index contributed by atoms with van der Waals surface area (Å²) in [5.41, 5.74) is 1.93. The van der Waals surface area contributed by atoms with E-state index in [1.54, 1.807) is 24.3 Å². The van der Waals surface area contributed by atoms with Gasteiger partial charge in [0, 0.05) is 18.0 Å². The summed E-state index contributed by atoms with van der Waals surface area (Å²) in [4.78, 5) is 19.4. The van der Waals surface area contributed by atoms with Crippen molar-refractivity contribution in [3.8, 4) is 5.75 Å². The van der Waals surface area contributed by atoms with Crippen molar-refractivity contribution in [1.29, 1.82) is 0 Å². The number of carbonyl (C=O) groups is 1. The van der Waals surface area contributed by atoms with E-state index >= 15 is 0 Å². The first-order valence-electron chi connectivity index (χ1n) is 7.29. The highest BCUT2D eigenvalue weighted by Crippen LogP contribution is 2.16. The number of nitrogens with one attached hydrogen (secondary N) is 2. The Hall–Kier alpha value is -2.53. The van der Waals surface area contributed by atoms with Gasteiger partial charge < -0.3 is 15.0 Å². The number of nitrogens with zero attached hydrogens (tertiary/aromatic N) is 1. The topological polar surface area (TPSA) is 67.0 Å². The molecule has 0 unspecified atom stereocenters. The van der Waals surface area contributed by atoms with Crippen LogP contribution in [0, 0.1) is 0 Å². The summed E-state index contributed by atoms with van der Waals surface area (Å²) >= 11 is 5.85. The van der Waals surface area contributed by atoms with Crippen LogP contribution in [0.3, 0.4) is 0 Å². The van der Waals surface area contributed by atoms with E-state index in [0.29, 0.717) is 23.7 Å². The second-order valence-corrected chi connectivity index (χ2v) is 5.48. The van der Waals surface area contributed by atoms with Crippen molar-refractivity contribution in [1.82, 2.24) is 15.3 Å². The molecule has 2 aromatic carbocycles. The van der Waals surface area contributed by atoms with Crippen LogP contribution < -0.4 is 10.1 Å². The molecule has 0 saturated carbocycles. The molecule has 0 aliphatic heterocycles. The third kappa shape index (κ3) is 4.23. The molecule has 1 heterocycles. The van der Waals surface area contributed by atoms with Crippen LogP contribution in [0.2, 0.25) is 5.02 Å². The molecule has 0 atom stereocenters. The first-order valence-corrected chi connectivity index (χ1v) is 7.67. The molecule has 0 spiro atoms. The van der Waals surface area contributed by atoms with Crippen molar-refractivity contribution in [2.24, 2.45) is 0 Å². The molecule has 3 rings (SSSR count). The molecule has 1 amide bonds. The van der Waals surface area contributed by atoms with E-state index in [2.05, 4.69) is 15.3 Å². The predicted molar refractivity (Wildman–Crippen MR) is 89.8 cm³/mol. The molecular formula is C17H16ClN3O2. The lowest BCUT2D eigenvalue weighted by Crippen LogP contribution is -2.30. The molecule has 0 fully saturated rings. The Kier molecular flexibility index (Phi) is 4.78. The van der Waals surface area contributed by atoms with Crippen LogP contribution in [0.15, 0.2) is 48.5 Å². The normalized spacial score (nSPS) is 10.7. The van der Waals surface area contributed by atoms with Gasteiger partial charge in [-0.05, 0) is 30.3 Å². The minimum Gasteiger partial charge on any atom is -0.484 e. The number of hydrogen-bond donors (Lipinski definition) is 2. The van der Waals surface area contributed by atoms with Gasteiger partial charge >= 0.3 is 0 Å². The van der Waals surface area contributed by atoms with E-state index in [1.165, 1.54) is 0 Å². The monoisotopic (exact) mass is 329 g/mol. The number of carbonyl (C=O) groups excluding carboxylic acids is 1. The zero-order valence-electron chi connectivity index (χ0n) is 12.4. The van der Waals surface area contributed by atoms with E-state index in [1.807, 2.05) is 24.3 Å². The van der Waals surface area contributed by atoms with E-state index in [-0.39, 0.29) is 12.5 Å². The van der Waals surface area contributed by atoms with Gasteiger partial charge in [0.25, 0.3) is 5.91 Å². The number of hydrogen-bond acceptors (Lipinski definition) is 3. The second kappa shape index (κ2) is 7.15. The van der Waals surface area contributed by atoms with Crippen LogP contribution in [0.4, 0.5) is 0 Å². The number of imidazole rings is 1. The first kappa shape index (κ1) is 15.4. The molecule has 3 aromatic rings. The molecule has 0 saturated heterocycles. The first-order chi connectivity index (χ1) is 11.2. The van der Waals surface area contributed by atoms with Crippen LogP contribution >= 0.6 is 11.6 Å². The van der Waals surface area contributed by atoms with Crippen LogP contribution in [0.5, 0.6) is 5.75 Å². The highest BCUT2D eigenvalue weighted by Gasteiger charge is 2.05. The fourth-order valence-corrected chi connectivity index (χ4v) is 2.38. The number of rotatable bonds is 6. The standard InChI is InChI=1S/C17H16ClN3O2/c18-12-4-3-5-13(10-12)23-11-17(22)19-9-8-16-20-14-6-1-2-7-15(14)21-16/h1-7,10H,8-9,11H2,(H,19,22)(H,20,21). The summed E-state index contributed by atoms with van der Waals surface area (Å²) in [7, 11) is 0. The molecule has 23 heavy (non-hydrogen) atoms. The van der Waals surface area contributed by atoms with Gasteiger partial charge in [-0.2, -0.15) is 0 Å². The average Bonchev–Trinajstić information content (AvgIpc) is 2.96. The van der Waals surface area contributed by atoms with Gasteiger partial charge in [-0.1, -0.05) is 29.8 Å². The Morgan fingerprint density at radius 1 is 1.22 bits per heavy atom. The molecule has 0 radical (unpaired) electrons. The Labute approximate surface area is 138 Å². The van der Waals surface area contributed by atoms with Gasteiger partial charge in [0.2, 0.25) is 0 Å². The lowest BCUT2D eigenvalue weighted by atomic mass is 10.3. The minimum atomic E-state index is -0.180. The van der Waals surface area contributed by atoms with Crippen LogP contribution in [0.1, 0.15) is 5.82 Å². The SMILES string of the molecule is O=C(COc1cccc(Cl)c1)NCCc1nc2ccccc2[nH]1. The molecular weight excluding hydrogens is 314 g/mol. The lowest BCUT2D eigenvalue weighted by molar-refractivity contribution is -0.123. The smallest absolute Gasteiger partial charge is 0.257 e. The Morgan fingerprint density at radius 2 is 2.09 bits per heavy atom. The molecule has 0 aliphatic rings. The molecule has 118 valence electrons. The maximum atomic E-state index is 11.8. The minimum absolute atomic E-state index is 0.0412. The summed E-state index contributed by atoms with van der Waals surface area (Å²) < 4.78 is 5.38. The summed E-state index contributed by atoms with van der Waals surface area (Å²) in [5, 5.41) is 3.38. The van der Waals surface area contributed by atoms with Crippen LogP contribution in [0.25, 0.3) is 11.0 Å². The molecule has 2 N–H and O–H groups in total. The number of para-hydroxylation sites is 2. The van der Waals surface area contributed by atoms with E-state index in [0.717, 1.165) is 16.9 Å². The number of H-pyrrole nitrogens is 1. The molecule has 5 nitrogen and oxygen atoms in total. The van der Waals surface area contributed by atoms with Gasteiger partial charge in [0.05, 0.1) is 11.0 Å². The summed E-state index contributed by atoms with van der Waals surface area (Å²) in [6.07, 6.45) is 0.636. The number of aromatic amines is 1. The lowest BCUT2D eigenvalue weighted by Gasteiger charge is -2.07. The van der Waals surface area contributed by atoms with Gasteiger partial charge in [-0.25, -0.2) is 4.98 Å². The average molecular weight is 330 g/mol. The van der Waals surface area contributed by atoms with Gasteiger partial charge in [-0.15, -0.1) is 0 Å². The van der Waals surface area contributed by atoms with E-state index < -0.39 is 0 Å². The van der Waals surface area contributed by atoms with Gasteiger partial charge in [0.1, 0.15) is 11.6 Å². The van der Waals surface area contributed by atoms with Crippen molar-refractivity contribution in [3.05, 3.63) is 59.4 Å². The molecule has 0 aliphatic carbocycles. The second-order valence-electron chi connectivity index (χ2n) is 5.05. The van der Waals surface area contributed by atoms with Crippen molar-refractivity contribution in [3.63, 3.8) is 0 Å². The molecule has 1 aromatic heterocycles. The zero-order chi connectivity index (χ0) is 16.1. The summed E-state index contributed by atoms with van der Waals surface area (Å²) in [6, 6.07) is 14.8. The predicted octanol–water partition coefficient (Wildman–Crippen LogP) is 2.95. The number of aromatic nitrogens is 2. The maximum absolute atomic E-state index is 11.8. The summed E-state index contributed by atoms with van der Waals surface area (Å²) in [6.45, 7) is 0.456. The van der Waals surface area contributed by atoms with E-state index in [4.69, 9.17) is 16.3 Å². The number of amides is 1. The molecule has 6 heteroatoms. The van der Waals surface area contributed by atoms with Crippen molar-refractivity contribution >= 4 is 28.5 Å². The van der Waals surface area contributed by atoms with Crippen LogP contribution in [-0.4, -0.2) is 29.0 Å². The number of ether oxygens (including phenoxy) is 1. The number of halogens is 1. The molecule has 0 bridgehead atoms. The maximum Gasteiger partial charge on any atom is 0.257 e. The van der Waals surface area contributed by atoms with Crippen molar-refractivity contribution < 1.29 is 9.53 Å². The number of fused-ring (bicyclic) bond motifs is 1. The van der Waals surface area contributed by atoms with Crippen LogP contribution in [-0.2, 0) is 11.2 Å². The Balaban J connectivity index is 1.44. The Morgan fingerprint density at radius 3 is 2.91 bits per heavy atom. The third-order valence-corrected chi connectivity index (χ3v) is 3.52. The highest BCUT2D eigenvalue weighted by atomic mass is 35.5. The Bertz CT molecular complexity index is 783. The van der Waals surface area contributed by atoms with Crippen molar-refractivity contribution in [2.75, 3.05) is 13.2 Å². The van der Waals surface area contributed by atoms with E-state index in [9.17, 15) is 4.79 Å². The number of benzene rings is 2.